The minimum Gasteiger partial charge on any atom is -0.369 e. The molecule has 3 heterocycles. The van der Waals surface area contributed by atoms with Gasteiger partial charge in [0, 0.05) is 44.3 Å². The van der Waals surface area contributed by atoms with Crippen molar-refractivity contribution in [1.29, 1.82) is 0 Å². The van der Waals surface area contributed by atoms with Crippen molar-refractivity contribution in [1.82, 2.24) is 24.6 Å². The highest BCUT2D eigenvalue weighted by atomic mass is 16.5. The number of anilines is 1. The molecule has 0 radical (unpaired) electrons. The molecule has 0 N–H and O–H groups in total. The first-order valence-electron chi connectivity index (χ1n) is 10.9. The summed E-state index contributed by atoms with van der Waals surface area (Å²) >= 11 is 0. The molecule has 1 aromatic carbocycles. The van der Waals surface area contributed by atoms with E-state index in [1.807, 2.05) is 12.1 Å². The highest BCUT2D eigenvalue weighted by Crippen LogP contribution is 2.30. The van der Waals surface area contributed by atoms with Crippen molar-refractivity contribution in [3.8, 4) is 0 Å². The quantitative estimate of drug-likeness (QED) is 0.620. The molecule has 0 spiro atoms. The molecule has 2 aromatic heterocycles. The Labute approximate surface area is 175 Å². The first-order valence-corrected chi connectivity index (χ1v) is 10.9. The molecule has 1 saturated carbocycles. The number of hydrogen-bond acceptors (Lipinski definition) is 7. The summed E-state index contributed by atoms with van der Waals surface area (Å²) in [5.41, 5.74) is 1.97. The molecule has 8 heteroatoms. The van der Waals surface area contributed by atoms with E-state index in [1.54, 1.807) is 10.9 Å². The van der Waals surface area contributed by atoms with Crippen LogP contribution in [0.4, 0.5) is 5.69 Å². The van der Waals surface area contributed by atoms with Crippen molar-refractivity contribution < 1.29 is 4.52 Å². The van der Waals surface area contributed by atoms with Crippen LogP contribution in [-0.2, 0) is 13.1 Å². The third-order valence-electron chi connectivity index (χ3n) is 6.06. The van der Waals surface area contributed by atoms with Crippen LogP contribution in [0.1, 0.15) is 44.3 Å². The molecule has 1 aliphatic carbocycles. The van der Waals surface area contributed by atoms with Gasteiger partial charge in [-0.25, -0.2) is 4.98 Å². The van der Waals surface area contributed by atoms with E-state index in [9.17, 15) is 4.79 Å². The van der Waals surface area contributed by atoms with Crippen LogP contribution in [0.3, 0.4) is 0 Å². The van der Waals surface area contributed by atoms with Gasteiger partial charge in [0.05, 0.1) is 23.8 Å². The summed E-state index contributed by atoms with van der Waals surface area (Å²) in [5, 5.41) is 4.75. The first kappa shape index (κ1) is 19.2. The summed E-state index contributed by atoms with van der Waals surface area (Å²) in [4.78, 5) is 26.5. The second kappa shape index (κ2) is 7.83. The van der Waals surface area contributed by atoms with Gasteiger partial charge in [0.15, 0.2) is 5.82 Å². The van der Waals surface area contributed by atoms with Crippen molar-refractivity contribution in [2.75, 3.05) is 31.1 Å². The zero-order valence-electron chi connectivity index (χ0n) is 17.6. The Kier molecular flexibility index (Phi) is 5.02. The molecule has 0 atom stereocenters. The van der Waals surface area contributed by atoms with Crippen LogP contribution in [-0.4, -0.2) is 50.8 Å². The molecule has 0 amide bonds. The molecular formula is C22H28N6O2. The largest absolute Gasteiger partial charge is 0.369 e. The minimum absolute atomic E-state index is 0.0728. The molecule has 1 saturated heterocycles. The Bertz CT molecular complexity index is 1090. The number of hydrogen-bond donors (Lipinski definition) is 0. The van der Waals surface area contributed by atoms with Crippen molar-refractivity contribution in [2.45, 2.75) is 45.7 Å². The van der Waals surface area contributed by atoms with Gasteiger partial charge in [-0.05, 0) is 37.0 Å². The summed E-state index contributed by atoms with van der Waals surface area (Å²) in [7, 11) is 0. The predicted octanol–water partition coefficient (Wildman–Crippen LogP) is 2.64. The summed E-state index contributed by atoms with van der Waals surface area (Å²) in [6.07, 6.45) is 4.15. The van der Waals surface area contributed by atoms with E-state index in [4.69, 9.17) is 4.52 Å². The van der Waals surface area contributed by atoms with Crippen molar-refractivity contribution in [3.63, 3.8) is 0 Å². The van der Waals surface area contributed by atoms with E-state index in [0.717, 1.165) is 49.8 Å². The maximum absolute atomic E-state index is 12.7. The standard InChI is InChI=1S/C22H28N6O2/c1-15(2)21-24-20(30-25-21)13-26-7-9-27(10-8-26)17-5-6-18-19(11-17)23-14-28(22(18)29)12-16-3-4-16/h5-6,11,14-16H,3-4,7-10,12-13H2,1-2H3. The number of fused-ring (bicyclic) bond motifs is 1. The maximum atomic E-state index is 12.7. The minimum atomic E-state index is 0.0728. The van der Waals surface area contributed by atoms with E-state index < -0.39 is 0 Å². The smallest absolute Gasteiger partial charge is 0.261 e. The molecule has 8 nitrogen and oxygen atoms in total. The second-order valence-electron chi connectivity index (χ2n) is 8.81. The Morgan fingerprint density at radius 3 is 2.67 bits per heavy atom. The predicted molar refractivity (Wildman–Crippen MR) is 115 cm³/mol. The second-order valence-corrected chi connectivity index (χ2v) is 8.81. The zero-order chi connectivity index (χ0) is 20.7. The topological polar surface area (TPSA) is 80.3 Å². The van der Waals surface area contributed by atoms with Gasteiger partial charge in [-0.3, -0.25) is 14.3 Å². The molecule has 5 rings (SSSR count). The number of benzene rings is 1. The lowest BCUT2D eigenvalue weighted by molar-refractivity contribution is 0.215. The highest BCUT2D eigenvalue weighted by molar-refractivity contribution is 5.81. The SMILES string of the molecule is CC(C)c1noc(CN2CCN(c3ccc4c(=O)n(CC5CC5)cnc4c3)CC2)n1. The van der Waals surface area contributed by atoms with Gasteiger partial charge in [0.1, 0.15) is 0 Å². The Morgan fingerprint density at radius 2 is 1.97 bits per heavy atom. The van der Waals surface area contributed by atoms with E-state index in [2.05, 4.69) is 44.8 Å². The van der Waals surface area contributed by atoms with Crippen LogP contribution in [0, 0.1) is 5.92 Å². The van der Waals surface area contributed by atoms with E-state index in [-0.39, 0.29) is 11.5 Å². The highest BCUT2D eigenvalue weighted by Gasteiger charge is 2.23. The molecule has 30 heavy (non-hydrogen) atoms. The van der Waals surface area contributed by atoms with E-state index >= 15 is 0 Å². The first-order chi connectivity index (χ1) is 14.6. The van der Waals surface area contributed by atoms with Crippen molar-refractivity contribution in [3.05, 3.63) is 46.6 Å². The van der Waals surface area contributed by atoms with Crippen LogP contribution in [0.25, 0.3) is 10.9 Å². The fourth-order valence-electron chi connectivity index (χ4n) is 3.97. The summed E-state index contributed by atoms with van der Waals surface area (Å²) in [6.45, 7) is 9.28. The summed E-state index contributed by atoms with van der Waals surface area (Å²) in [6, 6.07) is 6.03. The lowest BCUT2D eigenvalue weighted by Crippen LogP contribution is -2.46. The molecule has 158 valence electrons. The number of piperazine rings is 1. The van der Waals surface area contributed by atoms with Gasteiger partial charge in [0.2, 0.25) is 5.89 Å². The fraction of sp³-hybridized carbons (Fsp3) is 0.545. The maximum Gasteiger partial charge on any atom is 0.261 e. The van der Waals surface area contributed by atoms with Crippen LogP contribution < -0.4 is 10.5 Å². The average molecular weight is 409 g/mol. The molecule has 2 fully saturated rings. The summed E-state index contributed by atoms with van der Waals surface area (Å²) < 4.78 is 7.15. The van der Waals surface area contributed by atoms with Gasteiger partial charge in [-0.15, -0.1) is 0 Å². The zero-order valence-corrected chi connectivity index (χ0v) is 17.6. The molecule has 1 aliphatic heterocycles. The molecule has 3 aromatic rings. The molecular weight excluding hydrogens is 380 g/mol. The van der Waals surface area contributed by atoms with Crippen LogP contribution >= 0.6 is 0 Å². The monoisotopic (exact) mass is 408 g/mol. The summed E-state index contributed by atoms with van der Waals surface area (Å²) in [5.74, 6) is 2.38. The lowest BCUT2D eigenvalue weighted by Gasteiger charge is -2.35. The molecule has 0 unspecified atom stereocenters. The van der Waals surface area contributed by atoms with Gasteiger partial charge in [-0.1, -0.05) is 19.0 Å². The van der Waals surface area contributed by atoms with Gasteiger partial charge >= 0.3 is 0 Å². The Hall–Kier alpha value is -2.74. The van der Waals surface area contributed by atoms with E-state index in [0.29, 0.717) is 23.7 Å². The van der Waals surface area contributed by atoms with Crippen LogP contribution in [0.15, 0.2) is 33.8 Å². The van der Waals surface area contributed by atoms with Crippen LogP contribution in [0.2, 0.25) is 0 Å². The number of nitrogens with zero attached hydrogens (tertiary/aromatic N) is 6. The van der Waals surface area contributed by atoms with Crippen molar-refractivity contribution in [2.24, 2.45) is 5.92 Å². The number of rotatable bonds is 6. The third kappa shape index (κ3) is 3.96. The Morgan fingerprint density at radius 1 is 1.17 bits per heavy atom. The van der Waals surface area contributed by atoms with Crippen LogP contribution in [0.5, 0.6) is 0 Å². The average Bonchev–Trinajstić information content (AvgIpc) is 3.45. The van der Waals surface area contributed by atoms with Gasteiger partial charge < -0.3 is 9.42 Å². The van der Waals surface area contributed by atoms with Crippen molar-refractivity contribution >= 4 is 16.6 Å². The van der Waals surface area contributed by atoms with Gasteiger partial charge in [0.25, 0.3) is 5.56 Å². The van der Waals surface area contributed by atoms with Gasteiger partial charge in [-0.2, -0.15) is 4.98 Å². The Balaban J connectivity index is 1.24. The van der Waals surface area contributed by atoms with E-state index in [1.165, 1.54) is 12.8 Å². The third-order valence-corrected chi connectivity index (χ3v) is 6.06. The molecule has 0 bridgehead atoms. The number of aromatic nitrogens is 4. The lowest BCUT2D eigenvalue weighted by atomic mass is 10.2. The normalized spacial score (nSPS) is 17.9. The molecule has 2 aliphatic rings. The fourth-order valence-corrected chi connectivity index (χ4v) is 3.97.